The van der Waals surface area contributed by atoms with E-state index in [0.29, 0.717) is 34.4 Å². The smallest absolute Gasteiger partial charge is 0.259 e. The third-order valence-electron chi connectivity index (χ3n) is 3.10. The zero-order chi connectivity index (χ0) is 16.1. The van der Waals surface area contributed by atoms with E-state index in [0.717, 1.165) is 5.56 Å². The first-order valence-electron chi connectivity index (χ1n) is 6.94. The molecule has 116 valence electrons. The van der Waals surface area contributed by atoms with Gasteiger partial charge in [0.1, 0.15) is 5.75 Å². The van der Waals surface area contributed by atoms with E-state index >= 15 is 0 Å². The van der Waals surface area contributed by atoms with Gasteiger partial charge in [0, 0.05) is 0 Å². The predicted molar refractivity (Wildman–Crippen MR) is 88.3 cm³/mol. The number of hydrogen-bond donors (Lipinski definition) is 1. The Morgan fingerprint density at radius 2 is 2.05 bits per heavy atom. The maximum Gasteiger partial charge on any atom is 0.259 e. The number of para-hydroxylation sites is 1. The summed E-state index contributed by atoms with van der Waals surface area (Å²) in [7, 11) is 1.53. The minimum Gasteiger partial charge on any atom is -0.496 e. The zero-order valence-corrected chi connectivity index (χ0v) is 13.5. The number of halogens is 1. The second-order valence-electron chi connectivity index (χ2n) is 4.71. The van der Waals surface area contributed by atoms with Crippen LogP contribution in [0.25, 0.3) is 0 Å². The van der Waals surface area contributed by atoms with E-state index < -0.39 is 0 Å². The molecule has 0 saturated carbocycles. The molecule has 0 spiro atoms. The van der Waals surface area contributed by atoms with Crippen molar-refractivity contribution in [3.05, 3.63) is 52.5 Å². The highest BCUT2D eigenvalue weighted by atomic mass is 35.5. The average molecular weight is 320 g/mol. The first kappa shape index (κ1) is 16.2. The molecule has 5 heteroatoms. The lowest BCUT2D eigenvalue weighted by Gasteiger charge is -2.14. The van der Waals surface area contributed by atoms with Gasteiger partial charge in [-0.2, -0.15) is 0 Å². The quantitative estimate of drug-likeness (QED) is 0.893. The maximum atomic E-state index is 12.5. The van der Waals surface area contributed by atoms with E-state index in [2.05, 4.69) is 5.32 Å². The van der Waals surface area contributed by atoms with Crippen molar-refractivity contribution >= 4 is 23.2 Å². The number of benzene rings is 2. The lowest BCUT2D eigenvalue weighted by molar-refractivity contribution is 0.102. The number of carbonyl (C=O) groups is 1. The summed E-state index contributed by atoms with van der Waals surface area (Å²) in [6.07, 6.45) is 0. The number of anilines is 1. The Morgan fingerprint density at radius 1 is 1.27 bits per heavy atom. The fourth-order valence-electron chi connectivity index (χ4n) is 2.09. The van der Waals surface area contributed by atoms with Gasteiger partial charge in [-0.05, 0) is 38.1 Å². The van der Waals surface area contributed by atoms with Crippen LogP contribution in [-0.4, -0.2) is 19.6 Å². The van der Waals surface area contributed by atoms with Crippen molar-refractivity contribution in [3.8, 4) is 11.5 Å². The lowest BCUT2D eigenvalue weighted by Crippen LogP contribution is -2.14. The molecule has 0 unspecified atom stereocenters. The van der Waals surface area contributed by atoms with Crippen LogP contribution in [0.1, 0.15) is 22.8 Å². The maximum absolute atomic E-state index is 12.5. The molecule has 22 heavy (non-hydrogen) atoms. The summed E-state index contributed by atoms with van der Waals surface area (Å²) in [6, 6.07) is 10.7. The molecule has 0 heterocycles. The van der Waals surface area contributed by atoms with Gasteiger partial charge in [0.05, 0.1) is 30.0 Å². The number of hydrogen-bond acceptors (Lipinski definition) is 3. The summed E-state index contributed by atoms with van der Waals surface area (Å²) in [6.45, 7) is 4.24. The van der Waals surface area contributed by atoms with Crippen molar-refractivity contribution in [3.63, 3.8) is 0 Å². The lowest BCUT2D eigenvalue weighted by atomic mass is 10.1. The monoisotopic (exact) mass is 319 g/mol. The zero-order valence-electron chi connectivity index (χ0n) is 12.8. The molecular formula is C17H18ClNO3. The van der Waals surface area contributed by atoms with Crippen molar-refractivity contribution < 1.29 is 14.3 Å². The van der Waals surface area contributed by atoms with Crippen molar-refractivity contribution in [1.82, 2.24) is 0 Å². The molecule has 1 N–H and O–H groups in total. The number of carbonyl (C=O) groups excluding carboxylic acids is 1. The average Bonchev–Trinajstić information content (AvgIpc) is 2.50. The largest absolute Gasteiger partial charge is 0.496 e. The van der Waals surface area contributed by atoms with Crippen molar-refractivity contribution in [2.24, 2.45) is 0 Å². The van der Waals surface area contributed by atoms with E-state index in [1.165, 1.54) is 7.11 Å². The fraction of sp³-hybridized carbons (Fsp3) is 0.235. The van der Waals surface area contributed by atoms with Crippen LogP contribution < -0.4 is 14.8 Å². The SMILES string of the molecule is CCOc1c(Cl)cccc1NC(=O)c1cc(C)ccc1OC. The summed E-state index contributed by atoms with van der Waals surface area (Å²) >= 11 is 6.12. The number of ether oxygens (including phenoxy) is 2. The number of nitrogens with one attached hydrogen (secondary N) is 1. The van der Waals surface area contributed by atoms with Gasteiger partial charge in [-0.1, -0.05) is 29.3 Å². The Morgan fingerprint density at radius 3 is 2.73 bits per heavy atom. The van der Waals surface area contributed by atoms with Gasteiger partial charge >= 0.3 is 0 Å². The molecule has 2 rings (SSSR count). The van der Waals surface area contributed by atoms with Gasteiger partial charge in [-0.15, -0.1) is 0 Å². The van der Waals surface area contributed by atoms with Crippen molar-refractivity contribution in [2.45, 2.75) is 13.8 Å². The summed E-state index contributed by atoms with van der Waals surface area (Å²) < 4.78 is 10.7. The fourth-order valence-corrected chi connectivity index (χ4v) is 2.32. The molecule has 0 saturated heterocycles. The van der Waals surface area contributed by atoms with Gasteiger partial charge in [-0.3, -0.25) is 4.79 Å². The van der Waals surface area contributed by atoms with Crippen LogP contribution in [-0.2, 0) is 0 Å². The molecule has 2 aromatic rings. The summed E-state index contributed by atoms with van der Waals surface area (Å²) in [5.41, 5.74) is 1.97. The number of amides is 1. The molecule has 0 aromatic heterocycles. The van der Waals surface area contributed by atoms with Crippen LogP contribution in [0, 0.1) is 6.92 Å². The minimum absolute atomic E-state index is 0.274. The van der Waals surface area contributed by atoms with Gasteiger partial charge < -0.3 is 14.8 Å². The van der Waals surface area contributed by atoms with Gasteiger partial charge in [-0.25, -0.2) is 0 Å². The Hall–Kier alpha value is -2.20. The Kier molecular flexibility index (Phi) is 5.28. The van der Waals surface area contributed by atoms with Crippen LogP contribution in [0.2, 0.25) is 5.02 Å². The normalized spacial score (nSPS) is 10.2. The van der Waals surface area contributed by atoms with E-state index in [9.17, 15) is 4.79 Å². The molecule has 1 amide bonds. The van der Waals surface area contributed by atoms with E-state index in [1.807, 2.05) is 19.9 Å². The molecule has 0 radical (unpaired) electrons. The topological polar surface area (TPSA) is 47.6 Å². The van der Waals surface area contributed by atoms with Crippen LogP contribution in [0.15, 0.2) is 36.4 Å². The molecule has 0 aliphatic heterocycles. The first-order valence-corrected chi connectivity index (χ1v) is 7.32. The highest BCUT2D eigenvalue weighted by Gasteiger charge is 2.16. The third-order valence-corrected chi connectivity index (χ3v) is 3.40. The Balaban J connectivity index is 2.34. The van der Waals surface area contributed by atoms with E-state index in [-0.39, 0.29) is 5.91 Å². The molecule has 0 bridgehead atoms. The highest BCUT2D eigenvalue weighted by Crippen LogP contribution is 2.33. The summed E-state index contributed by atoms with van der Waals surface area (Å²) in [4.78, 5) is 12.5. The van der Waals surface area contributed by atoms with Crippen LogP contribution >= 0.6 is 11.6 Å². The summed E-state index contributed by atoms with van der Waals surface area (Å²) in [5, 5.41) is 3.28. The van der Waals surface area contributed by atoms with Gasteiger partial charge in [0.15, 0.2) is 5.75 Å². The van der Waals surface area contributed by atoms with Gasteiger partial charge in [0.25, 0.3) is 5.91 Å². The molecule has 0 atom stereocenters. The number of aryl methyl sites for hydroxylation is 1. The van der Waals surface area contributed by atoms with Crippen molar-refractivity contribution in [1.29, 1.82) is 0 Å². The first-order chi connectivity index (χ1) is 10.6. The minimum atomic E-state index is -0.274. The molecule has 0 aliphatic rings. The standard InChI is InChI=1S/C17H18ClNO3/c1-4-22-16-13(18)6-5-7-14(16)19-17(20)12-10-11(2)8-9-15(12)21-3/h5-10H,4H2,1-3H3,(H,19,20). The van der Waals surface area contributed by atoms with Crippen LogP contribution in [0.4, 0.5) is 5.69 Å². The predicted octanol–water partition coefficient (Wildman–Crippen LogP) is 4.31. The van der Waals surface area contributed by atoms with Crippen molar-refractivity contribution in [2.75, 3.05) is 19.0 Å². The summed E-state index contributed by atoms with van der Waals surface area (Å²) in [5.74, 6) is 0.707. The number of methoxy groups -OCH3 is 1. The van der Waals surface area contributed by atoms with Gasteiger partial charge in [0.2, 0.25) is 0 Å². The molecule has 0 fully saturated rings. The van der Waals surface area contributed by atoms with Crippen LogP contribution in [0.3, 0.4) is 0 Å². The van der Waals surface area contributed by atoms with E-state index in [1.54, 1.807) is 30.3 Å². The second-order valence-corrected chi connectivity index (χ2v) is 5.11. The second kappa shape index (κ2) is 7.18. The highest BCUT2D eigenvalue weighted by molar-refractivity contribution is 6.32. The molecule has 2 aromatic carbocycles. The third kappa shape index (κ3) is 3.52. The van der Waals surface area contributed by atoms with E-state index in [4.69, 9.17) is 21.1 Å². The molecule has 4 nitrogen and oxygen atoms in total. The number of rotatable bonds is 5. The Labute approximate surface area is 135 Å². The van der Waals surface area contributed by atoms with Crippen LogP contribution in [0.5, 0.6) is 11.5 Å². The molecular weight excluding hydrogens is 302 g/mol. The molecule has 0 aliphatic carbocycles. The Bertz CT molecular complexity index is 686.